The zero-order valence-electron chi connectivity index (χ0n) is 19.5. The molecule has 7 heteroatoms. The van der Waals surface area contributed by atoms with Gasteiger partial charge in [0.05, 0.1) is 31.0 Å². The Hall–Kier alpha value is -3.45. The number of hydrogen-bond donors (Lipinski definition) is 0. The van der Waals surface area contributed by atoms with Crippen LogP contribution in [-0.4, -0.2) is 30.1 Å². The third-order valence-electron chi connectivity index (χ3n) is 5.42. The number of pyridine rings is 1. The lowest BCUT2D eigenvalue weighted by Gasteiger charge is -2.22. The predicted molar refractivity (Wildman–Crippen MR) is 133 cm³/mol. The van der Waals surface area contributed by atoms with Crippen molar-refractivity contribution < 1.29 is 14.3 Å². The molecule has 2 heterocycles. The maximum Gasteiger partial charge on any atom is 0.260 e. The summed E-state index contributed by atoms with van der Waals surface area (Å²) in [5, 5.41) is 0.606. The minimum atomic E-state index is -0.114. The Bertz CT molecular complexity index is 1220. The normalized spacial score (nSPS) is 11.4. The van der Waals surface area contributed by atoms with Crippen LogP contribution in [0, 0.1) is 0 Å². The second-order valence-corrected chi connectivity index (χ2v) is 9.76. The number of thiazole rings is 1. The van der Waals surface area contributed by atoms with Gasteiger partial charge in [-0.1, -0.05) is 50.3 Å². The Labute approximate surface area is 197 Å². The van der Waals surface area contributed by atoms with Gasteiger partial charge in [-0.05, 0) is 34.7 Å². The molecule has 4 rings (SSSR count). The summed E-state index contributed by atoms with van der Waals surface area (Å²) >= 11 is 1.44. The molecule has 0 unspecified atom stereocenters. The fourth-order valence-corrected chi connectivity index (χ4v) is 4.50. The SMILES string of the molecule is COc1cc2nc(N(Cc3cccnc3)C(=O)c3ccc(C(C)(C)C)cc3)sc2cc1OC. The molecule has 0 atom stereocenters. The molecule has 170 valence electrons. The van der Waals surface area contributed by atoms with Crippen molar-refractivity contribution in [1.82, 2.24) is 9.97 Å². The average molecular weight is 462 g/mol. The number of aromatic nitrogens is 2. The Kier molecular flexibility index (Phi) is 6.33. The van der Waals surface area contributed by atoms with Gasteiger partial charge in [0.1, 0.15) is 0 Å². The second kappa shape index (κ2) is 9.19. The zero-order valence-corrected chi connectivity index (χ0v) is 20.3. The molecule has 0 bridgehead atoms. The van der Waals surface area contributed by atoms with Gasteiger partial charge >= 0.3 is 0 Å². The molecule has 1 amide bonds. The number of rotatable bonds is 6. The first kappa shape index (κ1) is 22.7. The van der Waals surface area contributed by atoms with Gasteiger partial charge < -0.3 is 9.47 Å². The lowest BCUT2D eigenvalue weighted by Crippen LogP contribution is -2.30. The van der Waals surface area contributed by atoms with E-state index >= 15 is 0 Å². The quantitative estimate of drug-likeness (QED) is 0.360. The summed E-state index contributed by atoms with van der Waals surface area (Å²) in [6.45, 7) is 6.83. The summed E-state index contributed by atoms with van der Waals surface area (Å²) in [7, 11) is 3.20. The van der Waals surface area contributed by atoms with Gasteiger partial charge in [0.2, 0.25) is 0 Å². The largest absolute Gasteiger partial charge is 0.493 e. The molecule has 0 N–H and O–H groups in total. The van der Waals surface area contributed by atoms with E-state index in [9.17, 15) is 4.79 Å². The topological polar surface area (TPSA) is 64.5 Å². The molecule has 0 aliphatic heterocycles. The summed E-state index contributed by atoms with van der Waals surface area (Å²) in [5.41, 5.74) is 3.48. The van der Waals surface area contributed by atoms with Crippen LogP contribution < -0.4 is 14.4 Å². The van der Waals surface area contributed by atoms with Crippen LogP contribution in [0.5, 0.6) is 11.5 Å². The highest BCUT2D eigenvalue weighted by atomic mass is 32.1. The maximum absolute atomic E-state index is 13.7. The first-order valence-electron chi connectivity index (χ1n) is 10.6. The lowest BCUT2D eigenvalue weighted by molar-refractivity contribution is 0.0985. The molecule has 0 aliphatic rings. The first-order chi connectivity index (χ1) is 15.8. The standard InChI is InChI=1S/C26H27N3O3S/c1-26(2,3)19-10-8-18(9-11-19)24(30)29(16-17-7-6-12-27-15-17)25-28-20-13-21(31-4)22(32-5)14-23(20)33-25/h6-15H,16H2,1-5H3. The van der Waals surface area contributed by atoms with E-state index in [1.807, 2.05) is 48.5 Å². The van der Waals surface area contributed by atoms with Crippen molar-refractivity contribution in [2.45, 2.75) is 32.7 Å². The fourth-order valence-electron chi connectivity index (χ4n) is 3.53. The monoisotopic (exact) mass is 461 g/mol. The van der Waals surface area contributed by atoms with Crippen LogP contribution in [0.1, 0.15) is 42.3 Å². The number of ether oxygens (including phenoxy) is 2. The molecular weight excluding hydrogens is 434 g/mol. The number of methoxy groups -OCH3 is 2. The summed E-state index contributed by atoms with van der Waals surface area (Å²) < 4.78 is 11.8. The van der Waals surface area contributed by atoms with Crippen molar-refractivity contribution in [1.29, 1.82) is 0 Å². The van der Waals surface area contributed by atoms with E-state index in [0.29, 0.717) is 28.7 Å². The summed E-state index contributed by atoms with van der Waals surface area (Å²) in [4.78, 5) is 24.3. The number of benzene rings is 2. The van der Waals surface area contributed by atoms with Gasteiger partial charge in [0, 0.05) is 30.1 Å². The summed E-state index contributed by atoms with van der Waals surface area (Å²) in [6, 6.07) is 15.4. The minimum absolute atomic E-state index is 0.0160. The third-order valence-corrected chi connectivity index (χ3v) is 6.46. The van der Waals surface area contributed by atoms with Crippen LogP contribution in [-0.2, 0) is 12.0 Å². The molecule has 0 radical (unpaired) electrons. The van der Waals surface area contributed by atoms with E-state index in [2.05, 4.69) is 25.8 Å². The van der Waals surface area contributed by atoms with Gasteiger partial charge in [0.25, 0.3) is 5.91 Å². The molecule has 2 aromatic heterocycles. The number of hydrogen-bond acceptors (Lipinski definition) is 6. The van der Waals surface area contributed by atoms with Crippen molar-refractivity contribution >= 4 is 32.6 Å². The van der Waals surface area contributed by atoms with Crippen molar-refractivity contribution in [2.24, 2.45) is 0 Å². The van der Waals surface area contributed by atoms with Crippen molar-refractivity contribution in [3.8, 4) is 11.5 Å². The van der Waals surface area contributed by atoms with E-state index in [4.69, 9.17) is 14.5 Å². The van der Waals surface area contributed by atoms with Crippen LogP contribution in [0.3, 0.4) is 0 Å². The summed E-state index contributed by atoms with van der Waals surface area (Å²) in [6.07, 6.45) is 3.49. The number of carbonyl (C=O) groups is 1. The van der Waals surface area contributed by atoms with E-state index < -0.39 is 0 Å². The molecule has 0 saturated heterocycles. The highest BCUT2D eigenvalue weighted by Gasteiger charge is 2.23. The van der Waals surface area contributed by atoms with Gasteiger partial charge in [0.15, 0.2) is 16.6 Å². The average Bonchev–Trinajstić information content (AvgIpc) is 3.24. The first-order valence-corrected chi connectivity index (χ1v) is 11.5. The number of anilines is 1. The van der Waals surface area contributed by atoms with Gasteiger partial charge in [-0.15, -0.1) is 0 Å². The van der Waals surface area contributed by atoms with Crippen molar-refractivity contribution in [3.63, 3.8) is 0 Å². The highest BCUT2D eigenvalue weighted by molar-refractivity contribution is 7.22. The zero-order chi connectivity index (χ0) is 23.6. The van der Waals surface area contributed by atoms with E-state index in [1.54, 1.807) is 31.5 Å². The predicted octanol–water partition coefficient (Wildman–Crippen LogP) is 5.85. The van der Waals surface area contributed by atoms with Crippen LogP contribution in [0.4, 0.5) is 5.13 Å². The molecule has 2 aromatic carbocycles. The van der Waals surface area contributed by atoms with Gasteiger partial charge in [-0.25, -0.2) is 4.98 Å². The van der Waals surface area contributed by atoms with Gasteiger partial charge in [-0.2, -0.15) is 0 Å². The Morgan fingerprint density at radius 2 is 1.73 bits per heavy atom. The van der Waals surface area contributed by atoms with Gasteiger partial charge in [-0.3, -0.25) is 14.7 Å². The Balaban J connectivity index is 1.76. The highest BCUT2D eigenvalue weighted by Crippen LogP contribution is 2.38. The second-order valence-electron chi connectivity index (χ2n) is 8.75. The van der Waals surface area contributed by atoms with Crippen molar-refractivity contribution in [2.75, 3.05) is 19.1 Å². The molecule has 0 aliphatic carbocycles. The number of amides is 1. The Morgan fingerprint density at radius 1 is 1.03 bits per heavy atom. The number of nitrogens with zero attached hydrogens (tertiary/aromatic N) is 3. The van der Waals surface area contributed by atoms with Crippen LogP contribution >= 0.6 is 11.3 Å². The van der Waals surface area contributed by atoms with E-state index in [0.717, 1.165) is 15.8 Å². The van der Waals surface area contributed by atoms with E-state index in [1.165, 1.54) is 16.9 Å². The third kappa shape index (κ3) is 4.83. The molecule has 0 fully saturated rings. The van der Waals surface area contributed by atoms with Crippen LogP contribution in [0.2, 0.25) is 0 Å². The Morgan fingerprint density at radius 3 is 2.33 bits per heavy atom. The molecule has 0 saturated carbocycles. The smallest absolute Gasteiger partial charge is 0.260 e. The maximum atomic E-state index is 13.7. The lowest BCUT2D eigenvalue weighted by atomic mass is 9.86. The van der Waals surface area contributed by atoms with Crippen LogP contribution in [0.15, 0.2) is 60.9 Å². The molecule has 6 nitrogen and oxygen atoms in total. The van der Waals surface area contributed by atoms with Crippen molar-refractivity contribution in [3.05, 3.63) is 77.6 Å². The number of fused-ring (bicyclic) bond motifs is 1. The summed E-state index contributed by atoms with van der Waals surface area (Å²) in [5.74, 6) is 1.12. The molecule has 4 aromatic rings. The molecular formula is C26H27N3O3S. The minimum Gasteiger partial charge on any atom is -0.493 e. The number of carbonyl (C=O) groups excluding carboxylic acids is 1. The fraction of sp³-hybridized carbons (Fsp3) is 0.269. The molecule has 0 spiro atoms. The van der Waals surface area contributed by atoms with Crippen LogP contribution in [0.25, 0.3) is 10.2 Å². The molecule has 33 heavy (non-hydrogen) atoms. The van der Waals surface area contributed by atoms with E-state index in [-0.39, 0.29) is 11.3 Å².